The number of aliphatic hydroxyl groups is 1. The van der Waals surface area contributed by atoms with Gasteiger partial charge in [-0.25, -0.2) is 4.68 Å². The average molecular weight is 632 g/mol. The molecule has 3 aliphatic rings. The number of hydrogen-bond acceptors (Lipinski definition) is 8. The van der Waals surface area contributed by atoms with E-state index in [4.69, 9.17) is 19.3 Å². The van der Waals surface area contributed by atoms with E-state index in [2.05, 4.69) is 10.2 Å². The molecule has 12 heteroatoms. The van der Waals surface area contributed by atoms with Gasteiger partial charge in [-0.05, 0) is 50.1 Å². The van der Waals surface area contributed by atoms with E-state index in [1.54, 1.807) is 15.7 Å². The van der Waals surface area contributed by atoms with Crippen LogP contribution in [0.2, 0.25) is 0 Å². The summed E-state index contributed by atoms with van der Waals surface area (Å²) in [6.07, 6.45) is 2.23. The number of para-hydroxylation sites is 2. The lowest BCUT2D eigenvalue weighted by Crippen LogP contribution is -2.57. The van der Waals surface area contributed by atoms with Gasteiger partial charge in [-0.2, -0.15) is 0 Å². The van der Waals surface area contributed by atoms with Crippen molar-refractivity contribution in [3.63, 3.8) is 0 Å². The number of rotatable bonds is 10. The number of amides is 2. The van der Waals surface area contributed by atoms with Crippen molar-refractivity contribution in [3.05, 3.63) is 94.1 Å². The third-order valence-electron chi connectivity index (χ3n) is 9.29. The van der Waals surface area contributed by atoms with Gasteiger partial charge in [0.05, 0.1) is 38.8 Å². The molecule has 2 N–H and O–H groups in total. The maximum Gasteiger partial charge on any atom is 0.288 e. The molecule has 2 aromatic carbocycles. The SMILES string of the molecule is Cc1c(C2C=C(C(=O)N3CCC4(CC3)C(=O)NCN4c3ccccc3)OC(OCCOCCO)C2)c(=O)n(-c2ccccc2)n1C. The number of anilines is 1. The zero-order valence-corrected chi connectivity index (χ0v) is 26.3. The van der Waals surface area contributed by atoms with E-state index in [9.17, 15) is 14.4 Å². The molecular weight excluding hydrogens is 590 g/mol. The number of aromatic nitrogens is 2. The minimum atomic E-state index is -0.791. The maximum absolute atomic E-state index is 14.0. The molecule has 3 aliphatic heterocycles. The van der Waals surface area contributed by atoms with Crippen molar-refractivity contribution >= 4 is 17.5 Å². The van der Waals surface area contributed by atoms with Gasteiger partial charge in [0.15, 0.2) is 5.76 Å². The van der Waals surface area contributed by atoms with Crippen LogP contribution in [0, 0.1) is 6.92 Å². The molecule has 0 aliphatic carbocycles. The summed E-state index contributed by atoms with van der Waals surface area (Å²) in [5, 5.41) is 12.0. The zero-order chi connectivity index (χ0) is 32.3. The number of carbonyl (C=O) groups is 2. The smallest absolute Gasteiger partial charge is 0.288 e. The normalized spacial score (nSPS) is 20.8. The second-order valence-corrected chi connectivity index (χ2v) is 11.9. The molecule has 2 unspecified atom stereocenters. The van der Waals surface area contributed by atoms with Gasteiger partial charge in [0, 0.05) is 49.4 Å². The lowest BCUT2D eigenvalue weighted by atomic mass is 9.85. The van der Waals surface area contributed by atoms with E-state index in [1.807, 2.05) is 79.3 Å². The number of allylic oxidation sites excluding steroid dienone is 1. The number of ether oxygens (including phenoxy) is 3. The van der Waals surface area contributed by atoms with Gasteiger partial charge in [0.2, 0.25) is 12.2 Å². The molecule has 46 heavy (non-hydrogen) atoms. The van der Waals surface area contributed by atoms with Crippen LogP contribution in [0.5, 0.6) is 0 Å². The van der Waals surface area contributed by atoms with Crippen molar-refractivity contribution in [2.45, 2.75) is 43.9 Å². The molecule has 4 heterocycles. The molecule has 2 atom stereocenters. The van der Waals surface area contributed by atoms with Crippen LogP contribution in [0.4, 0.5) is 5.69 Å². The van der Waals surface area contributed by atoms with E-state index in [0.29, 0.717) is 44.6 Å². The Balaban J connectivity index is 1.25. The van der Waals surface area contributed by atoms with Gasteiger partial charge in [-0.3, -0.25) is 19.1 Å². The fourth-order valence-electron chi connectivity index (χ4n) is 6.80. The third-order valence-corrected chi connectivity index (χ3v) is 9.29. The van der Waals surface area contributed by atoms with Crippen LogP contribution in [0.3, 0.4) is 0 Å². The molecule has 0 bridgehead atoms. The number of aliphatic hydroxyl groups excluding tert-OH is 1. The van der Waals surface area contributed by atoms with E-state index in [1.165, 1.54) is 0 Å². The topological polar surface area (TPSA) is 128 Å². The standard InChI is InChI=1S/C34H41N5O7/c1-24-30(32(42)39(36(24)2)27-11-7-4-8-12-27)25-21-28(46-29(22-25)45-20-19-44-18-17-40)31(41)37-15-13-34(14-16-37)33(43)35-23-38(34)26-9-5-3-6-10-26/h3-12,21,25,29,40H,13-20,22-23H2,1-2H3,(H,35,43). The van der Waals surface area contributed by atoms with Crippen LogP contribution < -0.4 is 15.8 Å². The van der Waals surface area contributed by atoms with Crippen molar-refractivity contribution in [3.8, 4) is 5.69 Å². The first-order chi connectivity index (χ1) is 22.3. The minimum Gasteiger partial charge on any atom is -0.459 e. The Morgan fingerprint density at radius 2 is 1.67 bits per heavy atom. The van der Waals surface area contributed by atoms with Crippen LogP contribution in [0.1, 0.15) is 36.4 Å². The molecule has 2 amide bonds. The number of benzene rings is 2. The number of likely N-dealkylation sites (tertiary alicyclic amines) is 1. The predicted molar refractivity (Wildman–Crippen MR) is 170 cm³/mol. The molecule has 244 valence electrons. The highest BCUT2D eigenvalue weighted by molar-refractivity contribution is 5.95. The highest BCUT2D eigenvalue weighted by Crippen LogP contribution is 2.38. The summed E-state index contributed by atoms with van der Waals surface area (Å²) >= 11 is 0. The average Bonchev–Trinajstić information content (AvgIpc) is 3.51. The van der Waals surface area contributed by atoms with Crippen molar-refractivity contribution < 1.29 is 28.9 Å². The maximum atomic E-state index is 14.0. The fourth-order valence-corrected chi connectivity index (χ4v) is 6.80. The molecule has 2 saturated heterocycles. The van der Waals surface area contributed by atoms with Crippen molar-refractivity contribution in [2.24, 2.45) is 7.05 Å². The summed E-state index contributed by atoms with van der Waals surface area (Å²) in [5.74, 6) is -0.641. The Morgan fingerprint density at radius 1 is 1.00 bits per heavy atom. The minimum absolute atomic E-state index is 0.0252. The molecule has 0 saturated carbocycles. The van der Waals surface area contributed by atoms with Crippen molar-refractivity contribution in [2.75, 3.05) is 51.1 Å². The predicted octanol–water partition coefficient (Wildman–Crippen LogP) is 2.18. The second kappa shape index (κ2) is 13.5. The number of hydrogen-bond donors (Lipinski definition) is 2. The van der Waals surface area contributed by atoms with Crippen molar-refractivity contribution in [1.29, 1.82) is 0 Å². The van der Waals surface area contributed by atoms with E-state index >= 15 is 0 Å². The Hall–Kier alpha value is -4.39. The van der Waals surface area contributed by atoms with Crippen molar-refractivity contribution in [1.82, 2.24) is 19.6 Å². The first kappa shape index (κ1) is 31.6. The van der Waals surface area contributed by atoms with Gasteiger partial charge in [-0.1, -0.05) is 36.4 Å². The van der Waals surface area contributed by atoms with Gasteiger partial charge in [0.25, 0.3) is 11.5 Å². The van der Waals surface area contributed by atoms with Gasteiger partial charge < -0.3 is 34.4 Å². The van der Waals surface area contributed by atoms with E-state index < -0.39 is 17.7 Å². The van der Waals surface area contributed by atoms with Gasteiger partial charge in [0.1, 0.15) is 5.54 Å². The second-order valence-electron chi connectivity index (χ2n) is 11.9. The van der Waals surface area contributed by atoms with Crippen LogP contribution in [0.25, 0.3) is 5.69 Å². The number of nitrogens with zero attached hydrogens (tertiary/aromatic N) is 4. The molecule has 3 aromatic rings. The monoisotopic (exact) mass is 631 g/mol. The first-order valence-corrected chi connectivity index (χ1v) is 15.8. The van der Waals surface area contributed by atoms with Crippen LogP contribution in [-0.4, -0.2) is 89.2 Å². The highest BCUT2D eigenvalue weighted by Gasteiger charge is 2.51. The summed E-state index contributed by atoms with van der Waals surface area (Å²) in [7, 11) is 1.84. The Labute approximate surface area is 267 Å². The van der Waals surface area contributed by atoms with E-state index in [-0.39, 0.29) is 49.6 Å². The Bertz CT molecular complexity index is 1630. The largest absolute Gasteiger partial charge is 0.459 e. The first-order valence-electron chi connectivity index (χ1n) is 15.8. The molecule has 0 radical (unpaired) electrons. The van der Waals surface area contributed by atoms with Crippen LogP contribution in [-0.2, 0) is 30.8 Å². The molecule has 12 nitrogen and oxygen atoms in total. The third kappa shape index (κ3) is 5.95. The van der Waals surface area contributed by atoms with Gasteiger partial charge in [-0.15, -0.1) is 0 Å². The molecule has 1 spiro atoms. The zero-order valence-electron chi connectivity index (χ0n) is 26.3. The highest BCUT2D eigenvalue weighted by atomic mass is 16.7. The molecular formula is C34H41N5O7. The van der Waals surface area contributed by atoms with Crippen LogP contribution >= 0.6 is 0 Å². The van der Waals surface area contributed by atoms with Gasteiger partial charge >= 0.3 is 0 Å². The lowest BCUT2D eigenvalue weighted by Gasteiger charge is -2.43. The Morgan fingerprint density at radius 3 is 2.35 bits per heavy atom. The Kier molecular flexibility index (Phi) is 9.29. The molecule has 2 fully saturated rings. The summed E-state index contributed by atoms with van der Waals surface area (Å²) in [6, 6.07) is 19.3. The summed E-state index contributed by atoms with van der Waals surface area (Å²) in [6.45, 7) is 3.60. The summed E-state index contributed by atoms with van der Waals surface area (Å²) in [5.41, 5.74) is 2.16. The number of carbonyl (C=O) groups excluding carboxylic acids is 2. The lowest BCUT2D eigenvalue weighted by molar-refractivity contribution is -0.157. The van der Waals surface area contributed by atoms with E-state index in [0.717, 1.165) is 17.1 Å². The number of piperidine rings is 1. The molecule has 6 rings (SSSR count). The quantitative estimate of drug-likeness (QED) is 0.326. The molecule has 1 aromatic heterocycles. The number of nitrogens with one attached hydrogen (secondary N) is 1. The summed E-state index contributed by atoms with van der Waals surface area (Å²) in [4.78, 5) is 44.9. The fraction of sp³-hybridized carbons (Fsp3) is 0.441. The van der Waals surface area contributed by atoms with Crippen LogP contribution in [0.15, 0.2) is 77.3 Å². The summed E-state index contributed by atoms with van der Waals surface area (Å²) < 4.78 is 20.9.